The van der Waals surface area contributed by atoms with Gasteiger partial charge in [0.25, 0.3) is 0 Å². The second kappa shape index (κ2) is 7.15. The van der Waals surface area contributed by atoms with Crippen molar-refractivity contribution in [3.8, 4) is 16.9 Å². The van der Waals surface area contributed by atoms with Crippen molar-refractivity contribution in [2.75, 3.05) is 19.0 Å². The summed E-state index contributed by atoms with van der Waals surface area (Å²) in [6.45, 7) is 4.21. The lowest BCUT2D eigenvalue weighted by Crippen LogP contribution is -2.23. The number of aliphatic hydroxyl groups is 1. The maximum atomic E-state index is 9.49. The van der Waals surface area contributed by atoms with E-state index >= 15 is 0 Å². The number of aryl methyl sites for hydroxylation is 1. The first-order chi connectivity index (χ1) is 11.7. The standard InChI is InChI=1S/C18H21N3O2S/c1-4-13(9-22)21-17-16-15(11(2)24-18(16)20-10-19-17)12-5-7-14(23-3)8-6-12/h5-8,10,13,22H,4,9H2,1-3H3,(H,19,20,21). The summed E-state index contributed by atoms with van der Waals surface area (Å²) in [5.41, 5.74) is 2.24. The van der Waals surface area contributed by atoms with Crippen molar-refractivity contribution in [3.63, 3.8) is 0 Å². The SMILES string of the molecule is CCC(CO)Nc1ncnc2sc(C)c(-c3ccc(OC)cc3)c12. The van der Waals surface area contributed by atoms with E-state index in [1.165, 1.54) is 4.88 Å². The van der Waals surface area contributed by atoms with Crippen LogP contribution in [0.25, 0.3) is 21.3 Å². The number of nitrogens with zero attached hydrogens (tertiary/aromatic N) is 2. The molecule has 24 heavy (non-hydrogen) atoms. The van der Waals surface area contributed by atoms with E-state index < -0.39 is 0 Å². The molecule has 0 aliphatic rings. The van der Waals surface area contributed by atoms with E-state index in [0.29, 0.717) is 0 Å². The Labute approximate surface area is 145 Å². The Morgan fingerprint density at radius 3 is 2.62 bits per heavy atom. The van der Waals surface area contributed by atoms with Crippen LogP contribution in [0.15, 0.2) is 30.6 Å². The quantitative estimate of drug-likeness (QED) is 0.711. The molecule has 1 unspecified atom stereocenters. The largest absolute Gasteiger partial charge is 0.497 e. The summed E-state index contributed by atoms with van der Waals surface area (Å²) in [7, 11) is 1.66. The maximum absolute atomic E-state index is 9.49. The Morgan fingerprint density at radius 1 is 1.25 bits per heavy atom. The molecule has 0 spiro atoms. The molecule has 0 fully saturated rings. The summed E-state index contributed by atoms with van der Waals surface area (Å²) < 4.78 is 5.25. The molecule has 0 aliphatic heterocycles. The number of aromatic nitrogens is 2. The van der Waals surface area contributed by atoms with E-state index in [1.807, 2.05) is 31.2 Å². The first-order valence-electron chi connectivity index (χ1n) is 7.93. The van der Waals surface area contributed by atoms with Crippen LogP contribution in [0.3, 0.4) is 0 Å². The highest BCUT2D eigenvalue weighted by atomic mass is 32.1. The number of anilines is 1. The minimum absolute atomic E-state index is 0.0213. The van der Waals surface area contributed by atoms with Gasteiger partial charge in [0, 0.05) is 10.4 Å². The second-order valence-corrected chi connectivity index (χ2v) is 6.80. The minimum atomic E-state index is -0.0213. The Hall–Kier alpha value is -2.18. The number of methoxy groups -OCH3 is 1. The van der Waals surface area contributed by atoms with Gasteiger partial charge >= 0.3 is 0 Å². The van der Waals surface area contributed by atoms with Crippen LogP contribution >= 0.6 is 11.3 Å². The van der Waals surface area contributed by atoms with Crippen LogP contribution in [0.5, 0.6) is 5.75 Å². The summed E-state index contributed by atoms with van der Waals surface area (Å²) in [6.07, 6.45) is 2.39. The molecule has 2 N–H and O–H groups in total. The van der Waals surface area contributed by atoms with Gasteiger partial charge in [-0.3, -0.25) is 0 Å². The van der Waals surface area contributed by atoms with Gasteiger partial charge in [-0.15, -0.1) is 11.3 Å². The third-order valence-electron chi connectivity index (χ3n) is 4.10. The molecule has 6 heteroatoms. The van der Waals surface area contributed by atoms with Crippen LogP contribution in [0.2, 0.25) is 0 Å². The number of nitrogens with one attached hydrogen (secondary N) is 1. The maximum Gasteiger partial charge on any atom is 0.139 e. The lowest BCUT2D eigenvalue weighted by molar-refractivity contribution is 0.271. The summed E-state index contributed by atoms with van der Waals surface area (Å²) >= 11 is 1.66. The Balaban J connectivity index is 2.14. The van der Waals surface area contributed by atoms with Gasteiger partial charge in [-0.05, 0) is 31.0 Å². The predicted octanol–water partition coefficient (Wildman–Crippen LogP) is 3.86. The smallest absolute Gasteiger partial charge is 0.139 e. The molecule has 0 aliphatic carbocycles. The molecule has 5 nitrogen and oxygen atoms in total. The van der Waals surface area contributed by atoms with Crippen molar-refractivity contribution >= 4 is 27.4 Å². The number of benzene rings is 1. The molecule has 0 amide bonds. The normalized spacial score (nSPS) is 12.3. The second-order valence-electron chi connectivity index (χ2n) is 5.60. The van der Waals surface area contributed by atoms with E-state index in [0.717, 1.165) is 39.3 Å². The van der Waals surface area contributed by atoms with E-state index in [9.17, 15) is 5.11 Å². The molecular formula is C18H21N3O2S. The van der Waals surface area contributed by atoms with Crippen LogP contribution < -0.4 is 10.1 Å². The number of hydrogen-bond donors (Lipinski definition) is 2. The highest BCUT2D eigenvalue weighted by molar-refractivity contribution is 7.19. The molecule has 0 radical (unpaired) electrons. The van der Waals surface area contributed by atoms with E-state index in [2.05, 4.69) is 22.2 Å². The molecular weight excluding hydrogens is 322 g/mol. The van der Waals surface area contributed by atoms with Crippen LogP contribution in [0.1, 0.15) is 18.2 Å². The van der Waals surface area contributed by atoms with E-state index in [-0.39, 0.29) is 12.6 Å². The van der Waals surface area contributed by atoms with Gasteiger partial charge in [0.15, 0.2) is 0 Å². The number of ether oxygens (including phenoxy) is 1. The fourth-order valence-electron chi connectivity index (χ4n) is 2.73. The number of hydrogen-bond acceptors (Lipinski definition) is 6. The average molecular weight is 343 g/mol. The first-order valence-corrected chi connectivity index (χ1v) is 8.75. The third-order valence-corrected chi connectivity index (χ3v) is 5.11. The molecule has 2 aromatic heterocycles. The van der Waals surface area contributed by atoms with Gasteiger partial charge in [-0.2, -0.15) is 0 Å². The third kappa shape index (κ3) is 3.07. The van der Waals surface area contributed by atoms with Crippen LogP contribution in [0, 0.1) is 6.92 Å². The number of aliphatic hydroxyl groups excluding tert-OH is 1. The Morgan fingerprint density at radius 2 is 2.00 bits per heavy atom. The fourth-order valence-corrected chi connectivity index (χ4v) is 3.74. The first kappa shape index (κ1) is 16.7. The van der Waals surface area contributed by atoms with E-state index in [4.69, 9.17) is 4.74 Å². The molecule has 1 atom stereocenters. The van der Waals surface area contributed by atoms with Crippen molar-refractivity contribution in [1.82, 2.24) is 9.97 Å². The molecule has 2 heterocycles. The van der Waals surface area contributed by atoms with Crippen LogP contribution in [-0.2, 0) is 0 Å². The summed E-state index contributed by atoms with van der Waals surface area (Å²) in [6, 6.07) is 7.99. The fraction of sp³-hybridized carbons (Fsp3) is 0.333. The highest BCUT2D eigenvalue weighted by Gasteiger charge is 2.18. The van der Waals surface area contributed by atoms with Gasteiger partial charge in [0.05, 0.1) is 25.1 Å². The molecule has 0 saturated carbocycles. The molecule has 0 saturated heterocycles. The van der Waals surface area contributed by atoms with E-state index in [1.54, 1.807) is 24.8 Å². The predicted molar refractivity (Wildman–Crippen MR) is 98.9 cm³/mol. The topological polar surface area (TPSA) is 67.3 Å². The van der Waals surface area contributed by atoms with Crippen molar-refractivity contribution in [3.05, 3.63) is 35.5 Å². The lowest BCUT2D eigenvalue weighted by atomic mass is 10.0. The van der Waals surface area contributed by atoms with Gasteiger partial charge < -0.3 is 15.2 Å². The van der Waals surface area contributed by atoms with Crippen molar-refractivity contribution in [2.45, 2.75) is 26.3 Å². The summed E-state index contributed by atoms with van der Waals surface area (Å²) in [5.74, 6) is 1.60. The van der Waals surface area contributed by atoms with Gasteiger partial charge in [0.2, 0.25) is 0 Å². The van der Waals surface area contributed by atoms with Crippen LogP contribution in [0.4, 0.5) is 5.82 Å². The molecule has 0 bridgehead atoms. The molecule has 3 aromatic rings. The van der Waals surface area contributed by atoms with Crippen molar-refractivity contribution < 1.29 is 9.84 Å². The van der Waals surface area contributed by atoms with Crippen molar-refractivity contribution in [1.29, 1.82) is 0 Å². The van der Waals surface area contributed by atoms with Crippen molar-refractivity contribution in [2.24, 2.45) is 0 Å². The van der Waals surface area contributed by atoms with Gasteiger partial charge in [-0.25, -0.2) is 9.97 Å². The zero-order valence-corrected chi connectivity index (χ0v) is 14.9. The average Bonchev–Trinajstić information content (AvgIpc) is 2.96. The minimum Gasteiger partial charge on any atom is -0.497 e. The van der Waals surface area contributed by atoms with Crippen LogP contribution in [-0.4, -0.2) is 34.8 Å². The zero-order valence-electron chi connectivity index (χ0n) is 14.0. The molecule has 126 valence electrons. The summed E-state index contributed by atoms with van der Waals surface area (Å²) in [4.78, 5) is 11.0. The van der Waals surface area contributed by atoms with Gasteiger partial charge in [-0.1, -0.05) is 19.1 Å². The lowest BCUT2D eigenvalue weighted by Gasteiger charge is -2.16. The Kier molecular flexibility index (Phi) is 4.97. The highest BCUT2D eigenvalue weighted by Crippen LogP contribution is 2.40. The molecule has 1 aromatic carbocycles. The summed E-state index contributed by atoms with van der Waals surface area (Å²) in [5, 5.41) is 13.9. The zero-order chi connectivity index (χ0) is 17.1. The monoisotopic (exact) mass is 343 g/mol. The number of thiophene rings is 1. The Bertz CT molecular complexity index is 826. The number of rotatable bonds is 6. The molecule has 3 rings (SSSR count). The van der Waals surface area contributed by atoms with Gasteiger partial charge in [0.1, 0.15) is 22.7 Å². The number of fused-ring (bicyclic) bond motifs is 1.